The third-order valence-corrected chi connectivity index (χ3v) is 6.17. The van der Waals surface area contributed by atoms with E-state index in [9.17, 15) is 14.0 Å². The molecule has 0 fully saturated rings. The standard InChI is InChI=1S/C29H33FN2O3/c1-19(17-29(2,3)4)14-27(33)31-24-10-8-20(9-11-24)26-16-22-18-32(13-12-25(22)35-26)28(34)21-6-5-7-23(30)15-21/h5-11,15-16,19H,12-14,17-18H2,1-4H3,(H,31,33). The Hall–Kier alpha value is -3.41. The van der Waals surface area contributed by atoms with Gasteiger partial charge in [-0.3, -0.25) is 9.59 Å². The van der Waals surface area contributed by atoms with Gasteiger partial charge in [0.2, 0.25) is 5.91 Å². The number of anilines is 1. The first-order valence-electron chi connectivity index (χ1n) is 12.1. The van der Waals surface area contributed by atoms with Gasteiger partial charge in [-0.25, -0.2) is 4.39 Å². The van der Waals surface area contributed by atoms with Gasteiger partial charge in [-0.15, -0.1) is 0 Å². The van der Waals surface area contributed by atoms with Crippen molar-refractivity contribution >= 4 is 17.5 Å². The maximum Gasteiger partial charge on any atom is 0.254 e. The summed E-state index contributed by atoms with van der Waals surface area (Å²) in [4.78, 5) is 26.9. The summed E-state index contributed by atoms with van der Waals surface area (Å²) < 4.78 is 19.6. The van der Waals surface area contributed by atoms with Crippen molar-refractivity contribution in [2.75, 3.05) is 11.9 Å². The summed E-state index contributed by atoms with van der Waals surface area (Å²) in [6, 6.07) is 15.3. The molecule has 1 aliphatic rings. The second kappa shape index (κ2) is 10.1. The van der Waals surface area contributed by atoms with E-state index in [2.05, 4.69) is 33.0 Å². The van der Waals surface area contributed by atoms with Crippen LogP contribution in [-0.2, 0) is 17.8 Å². The van der Waals surface area contributed by atoms with Gasteiger partial charge in [0.25, 0.3) is 5.91 Å². The minimum Gasteiger partial charge on any atom is -0.461 e. The van der Waals surface area contributed by atoms with Crippen LogP contribution < -0.4 is 5.32 Å². The molecule has 1 aliphatic heterocycles. The van der Waals surface area contributed by atoms with E-state index in [1.165, 1.54) is 12.1 Å². The first-order valence-corrected chi connectivity index (χ1v) is 12.1. The molecule has 0 radical (unpaired) electrons. The maximum atomic E-state index is 13.5. The molecule has 1 N–H and O–H groups in total. The highest BCUT2D eigenvalue weighted by Crippen LogP contribution is 2.31. The lowest BCUT2D eigenvalue weighted by molar-refractivity contribution is -0.117. The van der Waals surface area contributed by atoms with Crippen molar-refractivity contribution in [3.05, 3.63) is 77.3 Å². The summed E-state index contributed by atoms with van der Waals surface area (Å²) in [7, 11) is 0. The number of rotatable bonds is 6. The van der Waals surface area contributed by atoms with Crippen molar-refractivity contribution in [2.45, 2.75) is 53.5 Å². The van der Waals surface area contributed by atoms with E-state index in [4.69, 9.17) is 4.42 Å². The molecule has 1 aromatic heterocycles. The van der Waals surface area contributed by atoms with Gasteiger partial charge < -0.3 is 14.6 Å². The van der Waals surface area contributed by atoms with E-state index < -0.39 is 5.82 Å². The molecule has 2 heterocycles. The molecule has 184 valence electrons. The molecule has 2 amide bonds. The van der Waals surface area contributed by atoms with E-state index in [1.54, 1.807) is 17.0 Å². The van der Waals surface area contributed by atoms with Crippen LogP contribution in [0.5, 0.6) is 0 Å². The lowest BCUT2D eigenvalue weighted by atomic mass is 9.84. The minimum absolute atomic E-state index is 0.0195. The van der Waals surface area contributed by atoms with Crippen molar-refractivity contribution in [2.24, 2.45) is 11.3 Å². The molecule has 4 rings (SSSR count). The predicted molar refractivity (Wildman–Crippen MR) is 135 cm³/mol. The average molecular weight is 477 g/mol. The molecule has 5 nitrogen and oxygen atoms in total. The zero-order chi connectivity index (χ0) is 25.2. The SMILES string of the molecule is CC(CC(=O)Nc1ccc(-c2cc3c(o2)CCN(C(=O)c2cccc(F)c2)C3)cc1)CC(C)(C)C. The predicted octanol–water partition coefficient (Wildman–Crippen LogP) is 6.69. The van der Waals surface area contributed by atoms with Crippen molar-refractivity contribution in [1.29, 1.82) is 0 Å². The second-order valence-electron chi connectivity index (χ2n) is 10.7. The highest BCUT2D eigenvalue weighted by atomic mass is 19.1. The lowest BCUT2D eigenvalue weighted by Crippen LogP contribution is -2.35. The van der Waals surface area contributed by atoms with E-state index in [1.807, 2.05) is 30.3 Å². The Morgan fingerprint density at radius 2 is 1.86 bits per heavy atom. The van der Waals surface area contributed by atoms with Gasteiger partial charge in [-0.2, -0.15) is 0 Å². The number of carbonyl (C=O) groups is 2. The Bertz CT molecular complexity index is 1210. The number of nitrogens with one attached hydrogen (secondary N) is 1. The summed E-state index contributed by atoms with van der Waals surface area (Å²) in [5.74, 6) is 1.33. The van der Waals surface area contributed by atoms with Crippen LogP contribution in [0.3, 0.4) is 0 Å². The van der Waals surface area contributed by atoms with Crippen LogP contribution in [0.15, 0.2) is 59.0 Å². The van der Waals surface area contributed by atoms with E-state index in [0.29, 0.717) is 37.4 Å². The average Bonchev–Trinajstić information content (AvgIpc) is 3.21. The number of furan rings is 1. The number of fused-ring (bicyclic) bond motifs is 1. The van der Waals surface area contributed by atoms with Crippen LogP contribution in [0.1, 0.15) is 62.2 Å². The fourth-order valence-electron chi connectivity index (χ4n) is 4.82. The van der Waals surface area contributed by atoms with Crippen molar-refractivity contribution < 1.29 is 18.4 Å². The summed E-state index contributed by atoms with van der Waals surface area (Å²) >= 11 is 0. The quantitative estimate of drug-likeness (QED) is 0.431. The number of halogens is 1. The summed E-state index contributed by atoms with van der Waals surface area (Å²) in [6.07, 6.45) is 2.10. The Balaban J connectivity index is 1.38. The van der Waals surface area contributed by atoms with Crippen molar-refractivity contribution in [3.8, 4) is 11.3 Å². The zero-order valence-electron chi connectivity index (χ0n) is 20.9. The summed E-state index contributed by atoms with van der Waals surface area (Å²) in [5, 5.41) is 2.98. The van der Waals surface area contributed by atoms with Gasteiger partial charge in [0.1, 0.15) is 17.3 Å². The Morgan fingerprint density at radius 1 is 1.11 bits per heavy atom. The van der Waals surface area contributed by atoms with Crippen LogP contribution in [0, 0.1) is 17.2 Å². The van der Waals surface area contributed by atoms with Crippen LogP contribution >= 0.6 is 0 Å². The van der Waals surface area contributed by atoms with E-state index in [0.717, 1.165) is 34.8 Å². The smallest absolute Gasteiger partial charge is 0.254 e. The highest BCUT2D eigenvalue weighted by Gasteiger charge is 2.25. The van der Waals surface area contributed by atoms with Gasteiger partial charge in [-0.05, 0) is 66.3 Å². The topological polar surface area (TPSA) is 62.6 Å². The third-order valence-electron chi connectivity index (χ3n) is 6.17. The molecule has 0 spiro atoms. The molecule has 0 bridgehead atoms. The molecule has 0 saturated heterocycles. The molecule has 1 unspecified atom stereocenters. The molecular weight excluding hydrogens is 443 g/mol. The van der Waals surface area contributed by atoms with Crippen LogP contribution in [0.25, 0.3) is 11.3 Å². The summed E-state index contributed by atoms with van der Waals surface area (Å²) in [6.45, 7) is 9.62. The van der Waals surface area contributed by atoms with Crippen LogP contribution in [-0.4, -0.2) is 23.3 Å². The van der Waals surface area contributed by atoms with Crippen LogP contribution in [0.2, 0.25) is 0 Å². The van der Waals surface area contributed by atoms with Gasteiger partial charge >= 0.3 is 0 Å². The first-order chi connectivity index (χ1) is 16.6. The third kappa shape index (κ3) is 6.38. The maximum absolute atomic E-state index is 13.5. The van der Waals surface area contributed by atoms with Gasteiger partial charge in [-0.1, -0.05) is 33.8 Å². The molecule has 3 aromatic rings. The first kappa shape index (κ1) is 24.7. The van der Waals surface area contributed by atoms with Crippen molar-refractivity contribution in [3.63, 3.8) is 0 Å². The van der Waals surface area contributed by atoms with Gasteiger partial charge in [0.15, 0.2) is 0 Å². The normalized spacial score (nSPS) is 14.4. The van der Waals surface area contributed by atoms with E-state index in [-0.39, 0.29) is 17.2 Å². The molecule has 35 heavy (non-hydrogen) atoms. The number of amides is 2. The fourth-order valence-corrected chi connectivity index (χ4v) is 4.82. The number of nitrogens with zero attached hydrogens (tertiary/aromatic N) is 1. The molecule has 1 atom stereocenters. The Labute approximate surface area is 206 Å². The highest BCUT2D eigenvalue weighted by molar-refractivity contribution is 5.94. The number of carbonyl (C=O) groups excluding carboxylic acids is 2. The zero-order valence-corrected chi connectivity index (χ0v) is 20.9. The Kier molecular flexibility index (Phi) is 7.10. The van der Waals surface area contributed by atoms with Gasteiger partial charge in [0, 0.05) is 48.3 Å². The van der Waals surface area contributed by atoms with E-state index >= 15 is 0 Å². The number of hydrogen-bond acceptors (Lipinski definition) is 3. The number of benzene rings is 2. The Morgan fingerprint density at radius 3 is 2.54 bits per heavy atom. The molecule has 0 saturated carbocycles. The monoisotopic (exact) mass is 476 g/mol. The molecule has 6 heteroatoms. The fraction of sp³-hybridized carbons (Fsp3) is 0.379. The van der Waals surface area contributed by atoms with Gasteiger partial charge in [0.05, 0.1) is 0 Å². The molecule has 0 aliphatic carbocycles. The van der Waals surface area contributed by atoms with Crippen LogP contribution in [0.4, 0.5) is 10.1 Å². The second-order valence-corrected chi connectivity index (χ2v) is 10.7. The van der Waals surface area contributed by atoms with Crippen molar-refractivity contribution in [1.82, 2.24) is 4.90 Å². The summed E-state index contributed by atoms with van der Waals surface area (Å²) in [5.41, 5.74) is 3.17. The molecule has 2 aromatic carbocycles. The minimum atomic E-state index is -0.418. The number of hydrogen-bond donors (Lipinski definition) is 1. The molecular formula is C29H33FN2O3. The lowest BCUT2D eigenvalue weighted by Gasteiger charge is -2.26. The largest absolute Gasteiger partial charge is 0.461 e.